The Morgan fingerprint density at radius 3 is 2.46 bits per heavy atom. The van der Waals surface area contributed by atoms with Gasteiger partial charge in [0.1, 0.15) is 5.75 Å². The fourth-order valence-electron chi connectivity index (χ4n) is 3.81. The lowest BCUT2D eigenvalue weighted by atomic mass is 9.66. The standard InChI is InChI=1S/C18H22N2O4/c1-11(12-7-5-6-8-13(12)21)19-20-14(22)18-10-9-17(4,15(23)24-18)16(18,2)3/h5-8,21H,9-10H2,1-4H3,(H,20,22)/b19-11+. The Morgan fingerprint density at radius 1 is 1.25 bits per heavy atom. The van der Waals surface area contributed by atoms with Crippen molar-refractivity contribution in [3.63, 3.8) is 0 Å². The highest BCUT2D eigenvalue weighted by molar-refractivity contribution is 6.02. The van der Waals surface area contributed by atoms with Crippen LogP contribution >= 0.6 is 0 Å². The molecule has 1 heterocycles. The second-order valence-corrected chi connectivity index (χ2v) is 7.33. The molecule has 0 aromatic heterocycles. The topological polar surface area (TPSA) is 88.0 Å². The fourth-order valence-corrected chi connectivity index (χ4v) is 3.81. The van der Waals surface area contributed by atoms with Gasteiger partial charge in [0, 0.05) is 11.0 Å². The zero-order valence-corrected chi connectivity index (χ0v) is 14.3. The molecule has 2 N–H and O–H groups in total. The van der Waals surface area contributed by atoms with E-state index in [9.17, 15) is 14.7 Å². The van der Waals surface area contributed by atoms with Crippen molar-refractivity contribution in [3.8, 4) is 5.75 Å². The van der Waals surface area contributed by atoms with E-state index in [1.807, 2.05) is 20.8 Å². The number of nitrogens with zero attached hydrogens (tertiary/aromatic N) is 1. The molecule has 1 saturated carbocycles. The second-order valence-electron chi connectivity index (χ2n) is 7.33. The highest BCUT2D eigenvalue weighted by Gasteiger charge is 2.75. The third-order valence-electron chi connectivity index (χ3n) is 6.07. The van der Waals surface area contributed by atoms with Gasteiger partial charge in [-0.15, -0.1) is 0 Å². The number of rotatable bonds is 3. The predicted molar refractivity (Wildman–Crippen MR) is 88.4 cm³/mol. The van der Waals surface area contributed by atoms with E-state index in [-0.39, 0.29) is 11.7 Å². The molecule has 6 heteroatoms. The Labute approximate surface area is 140 Å². The molecule has 6 nitrogen and oxygen atoms in total. The van der Waals surface area contributed by atoms with E-state index in [1.165, 1.54) is 0 Å². The lowest BCUT2D eigenvalue weighted by Gasteiger charge is -2.34. The number of phenolic OH excluding ortho intramolecular Hbond substituents is 1. The number of carbonyl (C=O) groups excluding carboxylic acids is 2. The first kappa shape index (κ1) is 16.5. The summed E-state index contributed by atoms with van der Waals surface area (Å²) in [5.41, 5.74) is 1.08. The van der Waals surface area contributed by atoms with Crippen molar-refractivity contribution in [1.29, 1.82) is 0 Å². The zero-order chi connectivity index (χ0) is 17.8. The van der Waals surface area contributed by atoms with Crippen molar-refractivity contribution < 1.29 is 19.4 Å². The smallest absolute Gasteiger partial charge is 0.313 e. The number of hydrogen-bond acceptors (Lipinski definition) is 5. The summed E-state index contributed by atoms with van der Waals surface area (Å²) in [6, 6.07) is 6.76. The number of benzene rings is 1. The van der Waals surface area contributed by atoms with Crippen LogP contribution in [-0.4, -0.2) is 28.3 Å². The number of aromatic hydroxyl groups is 1. The third kappa shape index (κ3) is 1.92. The van der Waals surface area contributed by atoms with Crippen molar-refractivity contribution in [1.82, 2.24) is 5.43 Å². The summed E-state index contributed by atoms with van der Waals surface area (Å²) >= 11 is 0. The van der Waals surface area contributed by atoms with Crippen molar-refractivity contribution in [2.75, 3.05) is 0 Å². The minimum absolute atomic E-state index is 0.0900. The molecule has 1 amide bonds. The summed E-state index contributed by atoms with van der Waals surface area (Å²) in [6.45, 7) is 7.33. The number of fused-ring (bicyclic) bond motifs is 2. The van der Waals surface area contributed by atoms with Gasteiger partial charge in [-0.1, -0.05) is 26.0 Å². The average molecular weight is 330 g/mol. The number of hydrazone groups is 1. The lowest BCUT2D eigenvalue weighted by molar-refractivity contribution is -0.168. The van der Waals surface area contributed by atoms with Crippen molar-refractivity contribution >= 4 is 17.6 Å². The van der Waals surface area contributed by atoms with E-state index in [2.05, 4.69) is 10.5 Å². The molecule has 2 unspecified atom stereocenters. The van der Waals surface area contributed by atoms with Gasteiger partial charge in [0.2, 0.25) is 0 Å². The lowest BCUT2D eigenvalue weighted by Crippen LogP contribution is -2.52. The quantitative estimate of drug-likeness (QED) is 0.506. The van der Waals surface area contributed by atoms with E-state index in [0.29, 0.717) is 24.1 Å². The molecular weight excluding hydrogens is 308 g/mol. The summed E-state index contributed by atoms with van der Waals surface area (Å²) in [5.74, 6) is -0.653. The van der Waals surface area contributed by atoms with Crippen molar-refractivity contribution in [2.24, 2.45) is 15.9 Å². The number of carbonyl (C=O) groups is 2. The van der Waals surface area contributed by atoms with Crippen LogP contribution in [0.1, 0.15) is 46.1 Å². The van der Waals surface area contributed by atoms with Crippen molar-refractivity contribution in [3.05, 3.63) is 29.8 Å². The Morgan fingerprint density at radius 2 is 1.92 bits per heavy atom. The Kier molecular flexibility index (Phi) is 3.48. The highest BCUT2D eigenvalue weighted by Crippen LogP contribution is 2.65. The molecule has 0 spiro atoms. The number of para-hydroxylation sites is 1. The molecule has 1 aliphatic heterocycles. The molecule has 128 valence electrons. The summed E-state index contributed by atoms with van der Waals surface area (Å²) < 4.78 is 5.52. The number of amides is 1. The Bertz CT molecular complexity index is 755. The van der Waals surface area contributed by atoms with Crippen LogP contribution in [0.25, 0.3) is 0 Å². The largest absolute Gasteiger partial charge is 0.507 e. The predicted octanol–water partition coefficient (Wildman–Crippen LogP) is 2.35. The maximum absolute atomic E-state index is 12.8. The highest BCUT2D eigenvalue weighted by atomic mass is 16.6. The van der Waals surface area contributed by atoms with Crippen LogP contribution in [-0.2, 0) is 14.3 Å². The number of phenols is 1. The molecule has 1 saturated heterocycles. The molecular formula is C18H22N2O4. The first-order chi connectivity index (χ1) is 11.2. The number of ether oxygens (including phenoxy) is 1. The van der Waals surface area contributed by atoms with Gasteiger partial charge in [0.05, 0.1) is 11.1 Å². The van der Waals surface area contributed by atoms with Crippen LogP contribution in [0.4, 0.5) is 0 Å². The summed E-state index contributed by atoms with van der Waals surface area (Å²) in [6.07, 6.45) is 1.10. The van der Waals surface area contributed by atoms with Gasteiger partial charge in [-0.3, -0.25) is 9.59 Å². The molecule has 24 heavy (non-hydrogen) atoms. The van der Waals surface area contributed by atoms with Crippen LogP contribution in [0, 0.1) is 10.8 Å². The molecule has 1 aliphatic carbocycles. The van der Waals surface area contributed by atoms with Gasteiger partial charge in [-0.05, 0) is 38.8 Å². The van der Waals surface area contributed by atoms with E-state index in [4.69, 9.17) is 4.74 Å². The summed E-state index contributed by atoms with van der Waals surface area (Å²) in [7, 11) is 0. The van der Waals surface area contributed by atoms with Gasteiger partial charge in [0.25, 0.3) is 5.91 Å². The first-order valence-corrected chi connectivity index (χ1v) is 8.02. The maximum Gasteiger partial charge on any atom is 0.313 e. The minimum Gasteiger partial charge on any atom is -0.507 e. The molecule has 1 aromatic carbocycles. The molecule has 2 atom stereocenters. The molecule has 2 fully saturated rings. The average Bonchev–Trinajstić information content (AvgIpc) is 2.83. The minimum atomic E-state index is -1.19. The molecule has 2 bridgehead atoms. The van der Waals surface area contributed by atoms with Crippen LogP contribution in [0.15, 0.2) is 29.4 Å². The van der Waals surface area contributed by atoms with E-state index < -0.39 is 22.3 Å². The van der Waals surface area contributed by atoms with Gasteiger partial charge < -0.3 is 9.84 Å². The SMILES string of the molecule is C/C(=N\NC(=O)C12CCC(C)(C(=O)O1)C2(C)C)c1ccccc1O. The number of nitrogens with one attached hydrogen (secondary N) is 1. The summed E-state index contributed by atoms with van der Waals surface area (Å²) in [4.78, 5) is 25.0. The third-order valence-corrected chi connectivity index (χ3v) is 6.07. The van der Waals surface area contributed by atoms with Gasteiger partial charge >= 0.3 is 5.97 Å². The van der Waals surface area contributed by atoms with E-state index in [0.717, 1.165) is 0 Å². The zero-order valence-electron chi connectivity index (χ0n) is 14.3. The van der Waals surface area contributed by atoms with E-state index in [1.54, 1.807) is 31.2 Å². The monoisotopic (exact) mass is 330 g/mol. The first-order valence-electron chi connectivity index (χ1n) is 8.02. The van der Waals surface area contributed by atoms with Gasteiger partial charge in [-0.25, -0.2) is 5.43 Å². The van der Waals surface area contributed by atoms with Gasteiger partial charge in [0.15, 0.2) is 5.60 Å². The fraction of sp³-hybridized carbons (Fsp3) is 0.500. The molecule has 3 rings (SSSR count). The number of hydrogen-bond donors (Lipinski definition) is 2. The Balaban J connectivity index is 1.85. The number of esters is 1. The normalized spacial score (nSPS) is 31.0. The van der Waals surface area contributed by atoms with Crippen LogP contribution in [0.5, 0.6) is 5.75 Å². The van der Waals surface area contributed by atoms with Gasteiger partial charge in [-0.2, -0.15) is 5.10 Å². The van der Waals surface area contributed by atoms with E-state index >= 15 is 0 Å². The van der Waals surface area contributed by atoms with Crippen LogP contribution < -0.4 is 5.43 Å². The second kappa shape index (κ2) is 5.06. The van der Waals surface area contributed by atoms with Crippen LogP contribution in [0.3, 0.4) is 0 Å². The summed E-state index contributed by atoms with van der Waals surface area (Å²) in [5, 5.41) is 13.9. The molecule has 2 aliphatic rings. The van der Waals surface area contributed by atoms with Crippen molar-refractivity contribution in [2.45, 2.75) is 46.1 Å². The Hall–Kier alpha value is -2.37. The maximum atomic E-state index is 12.8. The molecule has 0 radical (unpaired) electrons. The molecule has 1 aromatic rings. The van der Waals surface area contributed by atoms with Crippen LogP contribution in [0.2, 0.25) is 0 Å².